The number of aromatic hydroxyl groups is 1. The highest BCUT2D eigenvalue weighted by Crippen LogP contribution is 2.10. The molecule has 0 unspecified atom stereocenters. The summed E-state index contributed by atoms with van der Waals surface area (Å²) in [5, 5.41) is 16.7. The third kappa shape index (κ3) is 7.27. The standard InChI is InChI=1S/C10H12O3.C3H6O2/c1-2-7-13-10(12)8-3-5-9(11)6-4-8;1-2-3(4)5/h3-6,11H,2,7H2,1H3;2H2,1H3,(H,4,5). The highest BCUT2D eigenvalue weighted by atomic mass is 16.5. The first-order chi connectivity index (χ1) is 8.51. The van der Waals surface area contributed by atoms with Gasteiger partial charge in [-0.3, -0.25) is 4.79 Å². The molecule has 0 aromatic heterocycles. The molecule has 0 saturated heterocycles. The molecule has 0 aliphatic rings. The summed E-state index contributed by atoms with van der Waals surface area (Å²) in [5.41, 5.74) is 0.464. The van der Waals surface area contributed by atoms with Crippen LogP contribution in [0, 0.1) is 0 Å². The Kier molecular flexibility index (Phi) is 8.01. The molecule has 0 radical (unpaired) electrons. The molecule has 0 bridgehead atoms. The zero-order chi connectivity index (χ0) is 14.0. The second kappa shape index (κ2) is 9.04. The Balaban J connectivity index is 0.000000494. The van der Waals surface area contributed by atoms with Gasteiger partial charge in [-0.25, -0.2) is 4.79 Å². The molecule has 1 rings (SSSR count). The first-order valence-corrected chi connectivity index (χ1v) is 5.69. The summed E-state index contributed by atoms with van der Waals surface area (Å²) in [5.74, 6) is -0.945. The minimum Gasteiger partial charge on any atom is -0.508 e. The third-order valence-corrected chi connectivity index (χ3v) is 1.84. The fraction of sp³-hybridized carbons (Fsp3) is 0.385. The van der Waals surface area contributed by atoms with Crippen molar-refractivity contribution in [3.63, 3.8) is 0 Å². The van der Waals surface area contributed by atoms with Gasteiger partial charge in [0.25, 0.3) is 0 Å². The Hall–Kier alpha value is -2.04. The molecule has 0 spiro atoms. The van der Waals surface area contributed by atoms with Crippen molar-refractivity contribution in [2.45, 2.75) is 26.7 Å². The molecule has 0 aliphatic carbocycles. The van der Waals surface area contributed by atoms with Crippen molar-refractivity contribution < 1.29 is 24.5 Å². The van der Waals surface area contributed by atoms with E-state index in [-0.39, 0.29) is 18.1 Å². The number of carbonyl (C=O) groups excluding carboxylic acids is 1. The second-order valence-corrected chi connectivity index (χ2v) is 3.43. The molecule has 0 saturated carbocycles. The van der Waals surface area contributed by atoms with Gasteiger partial charge in [-0.15, -0.1) is 0 Å². The fourth-order valence-electron chi connectivity index (χ4n) is 0.876. The van der Waals surface area contributed by atoms with Gasteiger partial charge in [0.05, 0.1) is 12.2 Å². The SMILES string of the molecule is CCC(=O)O.CCCOC(=O)c1ccc(O)cc1. The lowest BCUT2D eigenvalue weighted by molar-refractivity contribution is -0.136. The van der Waals surface area contributed by atoms with E-state index in [9.17, 15) is 9.59 Å². The number of esters is 1. The Morgan fingerprint density at radius 1 is 1.17 bits per heavy atom. The lowest BCUT2D eigenvalue weighted by atomic mass is 10.2. The van der Waals surface area contributed by atoms with E-state index in [0.717, 1.165) is 6.42 Å². The predicted molar refractivity (Wildman–Crippen MR) is 66.6 cm³/mol. The molecule has 0 aliphatic heterocycles. The maximum Gasteiger partial charge on any atom is 0.338 e. The van der Waals surface area contributed by atoms with E-state index in [1.165, 1.54) is 24.3 Å². The molecule has 1 aromatic carbocycles. The molecular formula is C13H18O5. The number of hydrogen-bond acceptors (Lipinski definition) is 4. The molecule has 100 valence electrons. The van der Waals surface area contributed by atoms with E-state index in [0.29, 0.717) is 12.2 Å². The monoisotopic (exact) mass is 254 g/mol. The van der Waals surface area contributed by atoms with Crippen molar-refractivity contribution >= 4 is 11.9 Å². The summed E-state index contributed by atoms with van der Waals surface area (Å²) in [6.45, 7) is 3.96. The van der Waals surface area contributed by atoms with Gasteiger partial charge >= 0.3 is 11.9 Å². The molecular weight excluding hydrogens is 236 g/mol. The third-order valence-electron chi connectivity index (χ3n) is 1.84. The van der Waals surface area contributed by atoms with E-state index in [1.54, 1.807) is 6.92 Å². The molecule has 0 atom stereocenters. The van der Waals surface area contributed by atoms with E-state index >= 15 is 0 Å². The van der Waals surface area contributed by atoms with Gasteiger partial charge in [-0.1, -0.05) is 13.8 Å². The van der Waals surface area contributed by atoms with Gasteiger partial charge in [-0.2, -0.15) is 0 Å². The summed E-state index contributed by atoms with van der Waals surface area (Å²) in [6, 6.07) is 5.99. The zero-order valence-electron chi connectivity index (χ0n) is 10.5. The van der Waals surface area contributed by atoms with E-state index in [2.05, 4.69) is 0 Å². The van der Waals surface area contributed by atoms with Gasteiger partial charge in [0.15, 0.2) is 0 Å². The first kappa shape index (κ1) is 16.0. The lowest BCUT2D eigenvalue weighted by Crippen LogP contribution is -2.05. The van der Waals surface area contributed by atoms with Crippen LogP contribution in [0.1, 0.15) is 37.0 Å². The summed E-state index contributed by atoms with van der Waals surface area (Å²) in [6.07, 6.45) is 1.03. The predicted octanol–water partition coefficient (Wildman–Crippen LogP) is 2.44. The minimum atomic E-state index is -0.745. The van der Waals surface area contributed by atoms with Gasteiger partial charge in [0.2, 0.25) is 0 Å². The average Bonchev–Trinajstić information content (AvgIpc) is 2.37. The Bertz CT molecular complexity index is 369. The number of rotatable bonds is 4. The number of carboxylic acid groups (broad SMARTS) is 1. The Morgan fingerprint density at radius 3 is 2.06 bits per heavy atom. The van der Waals surface area contributed by atoms with Crippen molar-refractivity contribution in [2.75, 3.05) is 6.61 Å². The van der Waals surface area contributed by atoms with Crippen LogP contribution in [0.15, 0.2) is 24.3 Å². The minimum absolute atomic E-state index is 0.145. The number of benzene rings is 1. The quantitative estimate of drug-likeness (QED) is 0.806. The average molecular weight is 254 g/mol. The smallest absolute Gasteiger partial charge is 0.338 e. The van der Waals surface area contributed by atoms with E-state index < -0.39 is 5.97 Å². The van der Waals surface area contributed by atoms with Crippen molar-refractivity contribution in [1.82, 2.24) is 0 Å². The highest BCUT2D eigenvalue weighted by molar-refractivity contribution is 5.89. The van der Waals surface area contributed by atoms with Crippen LogP contribution in [-0.2, 0) is 9.53 Å². The van der Waals surface area contributed by atoms with Gasteiger partial charge in [0, 0.05) is 6.42 Å². The number of carboxylic acids is 1. The van der Waals surface area contributed by atoms with Crippen LogP contribution in [0.5, 0.6) is 5.75 Å². The van der Waals surface area contributed by atoms with Crippen LogP contribution in [0.25, 0.3) is 0 Å². The molecule has 1 aromatic rings. The van der Waals surface area contributed by atoms with Crippen LogP contribution < -0.4 is 0 Å². The molecule has 0 fully saturated rings. The fourth-order valence-corrected chi connectivity index (χ4v) is 0.876. The first-order valence-electron chi connectivity index (χ1n) is 5.69. The highest BCUT2D eigenvalue weighted by Gasteiger charge is 2.05. The summed E-state index contributed by atoms with van der Waals surface area (Å²) < 4.78 is 4.90. The van der Waals surface area contributed by atoms with Crippen LogP contribution in [0.3, 0.4) is 0 Å². The normalized spacial score (nSPS) is 9.00. The van der Waals surface area contributed by atoms with Gasteiger partial charge < -0.3 is 14.9 Å². The Morgan fingerprint density at radius 2 is 1.67 bits per heavy atom. The zero-order valence-corrected chi connectivity index (χ0v) is 10.5. The maximum absolute atomic E-state index is 11.2. The summed E-state index contributed by atoms with van der Waals surface area (Å²) in [7, 11) is 0. The number of carbonyl (C=O) groups is 2. The van der Waals surface area contributed by atoms with Crippen LogP contribution >= 0.6 is 0 Å². The van der Waals surface area contributed by atoms with Crippen molar-refractivity contribution in [1.29, 1.82) is 0 Å². The number of phenolic OH excluding ortho intramolecular Hbond substituents is 1. The van der Waals surface area contributed by atoms with Crippen LogP contribution in [0.2, 0.25) is 0 Å². The van der Waals surface area contributed by atoms with E-state index in [4.69, 9.17) is 14.9 Å². The van der Waals surface area contributed by atoms with Crippen LogP contribution in [-0.4, -0.2) is 28.8 Å². The largest absolute Gasteiger partial charge is 0.508 e. The van der Waals surface area contributed by atoms with Crippen molar-refractivity contribution in [3.05, 3.63) is 29.8 Å². The number of hydrogen-bond donors (Lipinski definition) is 2. The number of ether oxygens (including phenoxy) is 1. The lowest BCUT2D eigenvalue weighted by Gasteiger charge is -2.02. The molecule has 0 amide bonds. The van der Waals surface area contributed by atoms with Gasteiger partial charge in [-0.05, 0) is 30.7 Å². The molecule has 5 nitrogen and oxygen atoms in total. The van der Waals surface area contributed by atoms with Crippen molar-refractivity contribution in [3.8, 4) is 5.75 Å². The van der Waals surface area contributed by atoms with Crippen LogP contribution in [0.4, 0.5) is 0 Å². The molecule has 2 N–H and O–H groups in total. The molecule has 18 heavy (non-hydrogen) atoms. The van der Waals surface area contributed by atoms with Crippen molar-refractivity contribution in [2.24, 2.45) is 0 Å². The number of phenols is 1. The second-order valence-electron chi connectivity index (χ2n) is 3.43. The van der Waals surface area contributed by atoms with E-state index in [1.807, 2.05) is 6.92 Å². The maximum atomic E-state index is 11.2. The molecule has 0 heterocycles. The molecule has 5 heteroatoms. The topological polar surface area (TPSA) is 83.8 Å². The summed E-state index contributed by atoms with van der Waals surface area (Å²) in [4.78, 5) is 20.6. The van der Waals surface area contributed by atoms with Gasteiger partial charge in [0.1, 0.15) is 5.75 Å². The Labute approximate surface area is 106 Å². The summed E-state index contributed by atoms with van der Waals surface area (Å²) >= 11 is 0. The number of aliphatic carboxylic acids is 1.